The number of hydrogen-bond donors (Lipinski definition) is 1. The molecule has 4 aromatic rings. The summed E-state index contributed by atoms with van der Waals surface area (Å²) < 4.78 is 44.4. The van der Waals surface area contributed by atoms with E-state index in [1.54, 1.807) is 42.2 Å². The molecule has 36 heavy (non-hydrogen) atoms. The van der Waals surface area contributed by atoms with Crippen molar-refractivity contribution in [1.82, 2.24) is 24.5 Å². The van der Waals surface area contributed by atoms with Crippen LogP contribution in [0.5, 0.6) is 0 Å². The molecule has 186 valence electrons. The number of benzene rings is 2. The summed E-state index contributed by atoms with van der Waals surface area (Å²) in [6.07, 6.45) is -1.28. The van der Waals surface area contributed by atoms with Gasteiger partial charge in [-0.15, -0.1) is 0 Å². The Labute approximate surface area is 210 Å². The fraction of sp³-hybridized carbons (Fsp3) is 0.240. The van der Waals surface area contributed by atoms with E-state index in [0.29, 0.717) is 10.6 Å². The highest BCUT2D eigenvalue weighted by Crippen LogP contribution is 2.43. The predicted molar refractivity (Wildman–Crippen MR) is 129 cm³/mol. The van der Waals surface area contributed by atoms with Crippen molar-refractivity contribution in [3.8, 4) is 5.69 Å². The first-order valence-electron chi connectivity index (χ1n) is 11.2. The van der Waals surface area contributed by atoms with E-state index in [9.17, 15) is 18.0 Å². The molecule has 0 fully saturated rings. The molecule has 11 heteroatoms. The van der Waals surface area contributed by atoms with Gasteiger partial charge in [-0.1, -0.05) is 35.9 Å². The van der Waals surface area contributed by atoms with Crippen molar-refractivity contribution in [3.63, 3.8) is 0 Å². The molecule has 2 aromatic carbocycles. The second kappa shape index (κ2) is 9.34. The van der Waals surface area contributed by atoms with Gasteiger partial charge in [0.2, 0.25) is 0 Å². The first kappa shape index (κ1) is 23.9. The lowest BCUT2D eigenvalue weighted by molar-refractivity contribution is -0.173. The second-order valence-corrected chi connectivity index (χ2v) is 9.12. The summed E-state index contributed by atoms with van der Waals surface area (Å²) in [6, 6.07) is 14.9. The number of amides is 1. The lowest BCUT2D eigenvalue weighted by Gasteiger charge is -2.33. The average Bonchev–Trinajstić information content (AvgIpc) is 3.53. The molecule has 1 amide bonds. The Morgan fingerprint density at radius 2 is 1.89 bits per heavy atom. The second-order valence-electron chi connectivity index (χ2n) is 8.68. The number of halogens is 4. The highest BCUT2D eigenvalue weighted by Gasteiger charge is 2.46. The third kappa shape index (κ3) is 4.81. The molecule has 1 N–H and O–H groups in total. The highest BCUT2D eigenvalue weighted by molar-refractivity contribution is 6.30. The van der Waals surface area contributed by atoms with Gasteiger partial charge in [-0.25, -0.2) is 9.36 Å². The maximum absolute atomic E-state index is 14.0. The largest absolute Gasteiger partial charge is 0.410 e. The van der Waals surface area contributed by atoms with Crippen molar-refractivity contribution < 1.29 is 18.0 Å². The number of alkyl halides is 3. The van der Waals surface area contributed by atoms with Crippen LogP contribution in [-0.4, -0.2) is 43.6 Å². The van der Waals surface area contributed by atoms with Gasteiger partial charge in [-0.2, -0.15) is 23.4 Å². The fourth-order valence-corrected chi connectivity index (χ4v) is 4.43. The van der Waals surface area contributed by atoms with E-state index in [0.717, 1.165) is 15.9 Å². The van der Waals surface area contributed by atoms with Crippen molar-refractivity contribution in [2.24, 2.45) is 0 Å². The SMILES string of the molecule is CN(Cc1ccc(-n2cccn2)cc1)C(=O)c1cc2n(n1)[C@@H](C(F)(F)F)C[C@H](c1ccc(Cl)cc1)N2. The average molecular weight is 515 g/mol. The van der Waals surface area contributed by atoms with Gasteiger partial charge in [-0.3, -0.25) is 4.79 Å². The Bertz CT molecular complexity index is 1350. The van der Waals surface area contributed by atoms with E-state index >= 15 is 0 Å². The minimum Gasteiger partial charge on any atom is -0.363 e. The Morgan fingerprint density at radius 1 is 1.17 bits per heavy atom. The van der Waals surface area contributed by atoms with Crippen molar-refractivity contribution in [2.45, 2.75) is 31.2 Å². The van der Waals surface area contributed by atoms with E-state index in [1.807, 2.05) is 36.5 Å². The molecule has 0 saturated heterocycles. The van der Waals surface area contributed by atoms with Crippen LogP contribution in [0.15, 0.2) is 73.1 Å². The predicted octanol–water partition coefficient (Wildman–Crippen LogP) is 5.65. The fourth-order valence-electron chi connectivity index (χ4n) is 4.31. The molecule has 7 nitrogen and oxygen atoms in total. The molecule has 1 aliphatic heterocycles. The lowest BCUT2D eigenvalue weighted by Crippen LogP contribution is -2.35. The van der Waals surface area contributed by atoms with Gasteiger partial charge in [0.05, 0.1) is 11.7 Å². The zero-order chi connectivity index (χ0) is 25.4. The van der Waals surface area contributed by atoms with Crippen LogP contribution in [0.3, 0.4) is 0 Å². The molecule has 0 unspecified atom stereocenters. The first-order chi connectivity index (χ1) is 17.2. The highest BCUT2D eigenvalue weighted by atomic mass is 35.5. The number of anilines is 1. The topological polar surface area (TPSA) is 68.0 Å². The Hall–Kier alpha value is -3.79. The van der Waals surface area contributed by atoms with Crippen LogP contribution in [0, 0.1) is 0 Å². The van der Waals surface area contributed by atoms with Crippen LogP contribution in [0.25, 0.3) is 5.69 Å². The molecule has 5 rings (SSSR count). The molecule has 0 bridgehead atoms. The molecule has 0 spiro atoms. The third-order valence-electron chi connectivity index (χ3n) is 6.15. The van der Waals surface area contributed by atoms with Crippen molar-refractivity contribution in [2.75, 3.05) is 12.4 Å². The summed E-state index contributed by atoms with van der Waals surface area (Å²) in [5, 5.41) is 11.8. The minimum atomic E-state index is -4.53. The van der Waals surface area contributed by atoms with Crippen LogP contribution in [0.1, 0.15) is 40.1 Å². The van der Waals surface area contributed by atoms with Gasteiger partial charge in [-0.05, 0) is 41.5 Å². The van der Waals surface area contributed by atoms with Crippen LogP contribution in [0.2, 0.25) is 5.02 Å². The number of carbonyl (C=O) groups is 1. The number of hydrogen-bond acceptors (Lipinski definition) is 4. The normalized spacial score (nSPS) is 17.4. The number of nitrogens with zero attached hydrogens (tertiary/aromatic N) is 5. The zero-order valence-corrected chi connectivity index (χ0v) is 19.9. The number of carbonyl (C=O) groups excluding carboxylic acids is 1. The Morgan fingerprint density at radius 3 is 2.53 bits per heavy atom. The summed E-state index contributed by atoms with van der Waals surface area (Å²) in [4.78, 5) is 14.5. The van der Waals surface area contributed by atoms with Crippen LogP contribution >= 0.6 is 11.6 Å². The van der Waals surface area contributed by atoms with Gasteiger partial charge < -0.3 is 10.2 Å². The van der Waals surface area contributed by atoms with E-state index in [-0.39, 0.29) is 24.5 Å². The van der Waals surface area contributed by atoms with E-state index in [2.05, 4.69) is 15.5 Å². The maximum Gasteiger partial charge on any atom is 0.410 e. The van der Waals surface area contributed by atoms with Crippen molar-refractivity contribution in [1.29, 1.82) is 0 Å². The molecular formula is C25H22ClF3N6O. The zero-order valence-electron chi connectivity index (χ0n) is 19.2. The first-order valence-corrected chi connectivity index (χ1v) is 11.6. The quantitative estimate of drug-likeness (QED) is 0.373. The standard InChI is InChI=1S/C25H22ClF3N6O/c1-33(15-16-3-9-19(10-4-16)34-12-2-11-30-34)24(36)21-14-23-31-20(17-5-7-18(26)8-6-17)13-22(25(27,28)29)35(23)32-21/h2-12,14,20,22,31H,13,15H2,1H3/t20-,22-/m1/s1. The maximum atomic E-state index is 14.0. The van der Waals surface area contributed by atoms with E-state index in [1.165, 1.54) is 11.0 Å². The van der Waals surface area contributed by atoms with Crippen LogP contribution < -0.4 is 5.32 Å². The number of fused-ring (bicyclic) bond motifs is 1. The summed E-state index contributed by atoms with van der Waals surface area (Å²) in [5.41, 5.74) is 2.35. The van der Waals surface area contributed by atoms with Crippen molar-refractivity contribution in [3.05, 3.63) is 94.9 Å². The molecule has 3 heterocycles. The van der Waals surface area contributed by atoms with Gasteiger partial charge in [0.1, 0.15) is 5.82 Å². The van der Waals surface area contributed by atoms with Gasteiger partial charge in [0.15, 0.2) is 11.7 Å². The summed E-state index contributed by atoms with van der Waals surface area (Å²) in [7, 11) is 1.59. The number of nitrogens with one attached hydrogen (secondary N) is 1. The summed E-state index contributed by atoms with van der Waals surface area (Å²) in [5.74, 6) is -0.331. The molecular weight excluding hydrogens is 493 g/mol. The van der Waals surface area contributed by atoms with E-state index in [4.69, 9.17) is 11.6 Å². The third-order valence-corrected chi connectivity index (χ3v) is 6.41. The van der Waals surface area contributed by atoms with Gasteiger partial charge in [0, 0.05) is 43.5 Å². The number of aromatic nitrogens is 4. The van der Waals surface area contributed by atoms with Gasteiger partial charge >= 0.3 is 6.18 Å². The van der Waals surface area contributed by atoms with Crippen molar-refractivity contribution >= 4 is 23.3 Å². The van der Waals surface area contributed by atoms with Crippen LogP contribution in [-0.2, 0) is 6.54 Å². The molecule has 0 saturated carbocycles. The Balaban J connectivity index is 1.35. The molecule has 0 aliphatic carbocycles. The summed E-state index contributed by atoms with van der Waals surface area (Å²) >= 11 is 5.93. The molecule has 1 aliphatic rings. The van der Waals surface area contributed by atoms with Crippen LogP contribution in [0.4, 0.5) is 19.0 Å². The minimum absolute atomic E-state index is 0.0563. The molecule has 2 atom stereocenters. The summed E-state index contributed by atoms with van der Waals surface area (Å²) in [6.45, 7) is 0.268. The molecule has 0 radical (unpaired) electrons. The van der Waals surface area contributed by atoms with E-state index < -0.39 is 24.2 Å². The monoisotopic (exact) mass is 514 g/mol. The molecule has 2 aromatic heterocycles. The number of rotatable bonds is 5. The lowest BCUT2D eigenvalue weighted by atomic mass is 9.97. The smallest absolute Gasteiger partial charge is 0.363 e. The van der Waals surface area contributed by atoms with Gasteiger partial charge in [0.25, 0.3) is 5.91 Å². The Kier molecular flexibility index (Phi) is 6.21.